The number of ether oxygens (including phenoxy) is 1. The van der Waals surface area contributed by atoms with Crippen LogP contribution in [0, 0.1) is 6.92 Å². The van der Waals surface area contributed by atoms with Gasteiger partial charge in [0.05, 0.1) is 18.7 Å². The number of phenols is 1. The third-order valence-corrected chi connectivity index (χ3v) is 5.40. The lowest BCUT2D eigenvalue weighted by Gasteiger charge is -2.04. The standard InChI is InChI=1S/C21H17N3O3S/c1-13-18(14-6-4-3-5-7-14)19-20(28-13)22-12-24(21(19)26)23-11-15-10-16(27-2)8-9-17(15)25/h3-12,25H,1-2H3/b23-11+. The highest BCUT2D eigenvalue weighted by atomic mass is 32.1. The van der Waals surface area contributed by atoms with Crippen molar-refractivity contribution >= 4 is 27.8 Å². The first-order valence-electron chi connectivity index (χ1n) is 8.56. The van der Waals surface area contributed by atoms with E-state index < -0.39 is 0 Å². The summed E-state index contributed by atoms with van der Waals surface area (Å²) >= 11 is 1.49. The molecule has 0 radical (unpaired) electrons. The van der Waals surface area contributed by atoms with Gasteiger partial charge >= 0.3 is 0 Å². The van der Waals surface area contributed by atoms with Gasteiger partial charge < -0.3 is 9.84 Å². The van der Waals surface area contributed by atoms with E-state index in [1.54, 1.807) is 19.2 Å². The molecule has 28 heavy (non-hydrogen) atoms. The van der Waals surface area contributed by atoms with Crippen molar-refractivity contribution in [1.29, 1.82) is 0 Å². The monoisotopic (exact) mass is 391 g/mol. The van der Waals surface area contributed by atoms with Crippen molar-refractivity contribution in [3.8, 4) is 22.6 Å². The van der Waals surface area contributed by atoms with Crippen molar-refractivity contribution in [2.45, 2.75) is 6.92 Å². The molecule has 0 amide bonds. The third-order valence-electron chi connectivity index (χ3n) is 4.39. The molecule has 140 valence electrons. The molecule has 0 spiro atoms. The van der Waals surface area contributed by atoms with E-state index in [-0.39, 0.29) is 11.3 Å². The molecule has 2 aromatic heterocycles. The van der Waals surface area contributed by atoms with E-state index in [1.165, 1.54) is 34.6 Å². The minimum atomic E-state index is -0.258. The fourth-order valence-corrected chi connectivity index (χ4v) is 4.02. The van der Waals surface area contributed by atoms with Crippen LogP contribution < -0.4 is 10.3 Å². The smallest absolute Gasteiger partial charge is 0.283 e. The maximum absolute atomic E-state index is 13.1. The van der Waals surface area contributed by atoms with Gasteiger partial charge in [0.15, 0.2) is 0 Å². The number of nitrogens with zero attached hydrogens (tertiary/aromatic N) is 3. The first-order valence-corrected chi connectivity index (χ1v) is 9.37. The van der Waals surface area contributed by atoms with Crippen LogP contribution in [0.15, 0.2) is 64.8 Å². The average Bonchev–Trinajstić information content (AvgIpc) is 3.06. The van der Waals surface area contributed by atoms with Crippen LogP contribution in [0.2, 0.25) is 0 Å². The van der Waals surface area contributed by atoms with Gasteiger partial charge in [0.1, 0.15) is 22.7 Å². The molecule has 0 saturated heterocycles. The van der Waals surface area contributed by atoms with E-state index in [9.17, 15) is 9.90 Å². The molecule has 4 aromatic rings. The Bertz CT molecular complexity index is 1240. The molecule has 0 atom stereocenters. The molecule has 4 rings (SSSR count). The molecule has 0 fully saturated rings. The second-order valence-corrected chi connectivity index (χ2v) is 7.35. The number of aromatic nitrogens is 2. The summed E-state index contributed by atoms with van der Waals surface area (Å²) < 4.78 is 6.34. The molecule has 1 N–H and O–H groups in total. The number of benzene rings is 2. The van der Waals surface area contributed by atoms with Crippen LogP contribution in [0.4, 0.5) is 0 Å². The zero-order chi connectivity index (χ0) is 19.7. The lowest BCUT2D eigenvalue weighted by atomic mass is 10.0. The molecule has 0 bridgehead atoms. The van der Waals surface area contributed by atoms with E-state index in [0.29, 0.717) is 21.5 Å². The number of aromatic hydroxyl groups is 1. The number of thiophene rings is 1. The fourth-order valence-electron chi connectivity index (χ4n) is 3.02. The average molecular weight is 391 g/mol. The van der Waals surface area contributed by atoms with Crippen molar-refractivity contribution in [1.82, 2.24) is 9.66 Å². The number of fused-ring (bicyclic) bond motifs is 1. The fraction of sp³-hybridized carbons (Fsp3) is 0.0952. The second-order valence-electron chi connectivity index (χ2n) is 6.14. The summed E-state index contributed by atoms with van der Waals surface area (Å²) in [6.07, 6.45) is 2.80. The normalized spacial score (nSPS) is 11.4. The number of phenolic OH excluding ortho intramolecular Hbond substituents is 1. The van der Waals surface area contributed by atoms with E-state index in [1.807, 2.05) is 37.3 Å². The quantitative estimate of drug-likeness (QED) is 0.533. The van der Waals surface area contributed by atoms with Crippen LogP contribution >= 0.6 is 11.3 Å². The number of aryl methyl sites for hydroxylation is 1. The van der Waals surface area contributed by atoms with E-state index in [4.69, 9.17) is 4.74 Å². The highest BCUT2D eigenvalue weighted by Gasteiger charge is 2.16. The Kier molecular flexibility index (Phi) is 4.67. The minimum Gasteiger partial charge on any atom is -0.507 e. The van der Waals surface area contributed by atoms with Crippen LogP contribution in [0.25, 0.3) is 21.3 Å². The van der Waals surface area contributed by atoms with Crippen molar-refractivity contribution < 1.29 is 9.84 Å². The highest BCUT2D eigenvalue weighted by molar-refractivity contribution is 7.19. The maximum atomic E-state index is 13.1. The van der Waals surface area contributed by atoms with Crippen molar-refractivity contribution in [2.75, 3.05) is 7.11 Å². The van der Waals surface area contributed by atoms with Gasteiger partial charge in [-0.05, 0) is 30.7 Å². The molecule has 0 unspecified atom stereocenters. The van der Waals surface area contributed by atoms with Gasteiger partial charge in [-0.25, -0.2) is 4.98 Å². The summed E-state index contributed by atoms with van der Waals surface area (Å²) in [5.74, 6) is 0.628. The van der Waals surface area contributed by atoms with Gasteiger partial charge in [-0.3, -0.25) is 4.79 Å². The van der Waals surface area contributed by atoms with Crippen LogP contribution in [0.1, 0.15) is 10.4 Å². The predicted molar refractivity (Wildman–Crippen MR) is 112 cm³/mol. The summed E-state index contributed by atoms with van der Waals surface area (Å²) in [6.45, 7) is 1.98. The van der Waals surface area contributed by atoms with Crippen LogP contribution in [0.3, 0.4) is 0 Å². The van der Waals surface area contributed by atoms with E-state index in [2.05, 4.69) is 10.1 Å². The lowest BCUT2D eigenvalue weighted by molar-refractivity contribution is 0.412. The van der Waals surface area contributed by atoms with Gasteiger partial charge in [0, 0.05) is 16.0 Å². The van der Waals surface area contributed by atoms with Crippen LogP contribution in [-0.2, 0) is 0 Å². The SMILES string of the molecule is COc1ccc(O)c(/C=N/n2cnc3sc(C)c(-c4ccccc4)c3c2=O)c1. The maximum Gasteiger partial charge on any atom is 0.283 e. The Labute approximate surface area is 165 Å². The van der Waals surface area contributed by atoms with E-state index in [0.717, 1.165) is 16.0 Å². The van der Waals surface area contributed by atoms with Gasteiger partial charge in [-0.2, -0.15) is 9.78 Å². The molecule has 7 heteroatoms. The predicted octanol–water partition coefficient (Wildman–Crippen LogP) is 4.03. The Morgan fingerprint density at radius 1 is 1.21 bits per heavy atom. The highest BCUT2D eigenvalue weighted by Crippen LogP contribution is 2.35. The van der Waals surface area contributed by atoms with Crippen LogP contribution in [-0.4, -0.2) is 28.1 Å². The summed E-state index contributed by atoms with van der Waals surface area (Å²) in [7, 11) is 1.54. The van der Waals surface area contributed by atoms with Crippen molar-refractivity contribution in [3.63, 3.8) is 0 Å². The van der Waals surface area contributed by atoms with Crippen LogP contribution in [0.5, 0.6) is 11.5 Å². The number of rotatable bonds is 4. The summed E-state index contributed by atoms with van der Waals surface area (Å²) in [6, 6.07) is 14.6. The summed E-state index contributed by atoms with van der Waals surface area (Å²) in [5.41, 5.74) is 2.03. The zero-order valence-corrected chi connectivity index (χ0v) is 16.1. The topological polar surface area (TPSA) is 76.7 Å². The summed E-state index contributed by atoms with van der Waals surface area (Å²) in [5, 5.41) is 14.8. The molecule has 2 heterocycles. The Balaban J connectivity index is 1.84. The Hall–Kier alpha value is -3.45. The molecule has 0 saturated carbocycles. The second kappa shape index (κ2) is 7.28. The van der Waals surface area contributed by atoms with Crippen molar-refractivity contribution in [2.24, 2.45) is 5.10 Å². The largest absolute Gasteiger partial charge is 0.507 e. The molecule has 0 aliphatic carbocycles. The number of hydrogen-bond acceptors (Lipinski definition) is 6. The number of hydrogen-bond donors (Lipinski definition) is 1. The Morgan fingerprint density at radius 3 is 2.75 bits per heavy atom. The molecule has 0 aliphatic heterocycles. The van der Waals surface area contributed by atoms with Crippen molar-refractivity contribution in [3.05, 3.63) is 75.7 Å². The molecular formula is C21H17N3O3S. The van der Waals surface area contributed by atoms with Gasteiger partial charge in [0.2, 0.25) is 0 Å². The Morgan fingerprint density at radius 2 is 2.00 bits per heavy atom. The molecule has 2 aromatic carbocycles. The van der Waals surface area contributed by atoms with E-state index >= 15 is 0 Å². The van der Waals surface area contributed by atoms with Gasteiger partial charge in [0.25, 0.3) is 5.56 Å². The zero-order valence-electron chi connectivity index (χ0n) is 15.3. The van der Waals surface area contributed by atoms with Gasteiger partial charge in [-0.1, -0.05) is 30.3 Å². The summed E-state index contributed by atoms with van der Waals surface area (Å²) in [4.78, 5) is 19.2. The molecular weight excluding hydrogens is 374 g/mol. The van der Waals surface area contributed by atoms with Gasteiger partial charge in [-0.15, -0.1) is 11.3 Å². The number of methoxy groups -OCH3 is 1. The minimum absolute atomic E-state index is 0.0444. The first-order chi connectivity index (χ1) is 13.6. The first kappa shape index (κ1) is 17.9. The molecule has 6 nitrogen and oxygen atoms in total. The lowest BCUT2D eigenvalue weighted by Crippen LogP contribution is -2.16. The third kappa shape index (κ3) is 3.16. The molecule has 0 aliphatic rings.